The SMILES string of the molecule is COc1ccc(-c2nnc(SCC(=O)Oc3cc(C)ccc3C)o2)cc1. The second-order valence-electron chi connectivity index (χ2n) is 5.63. The first-order valence-corrected chi connectivity index (χ1v) is 8.92. The number of thioether (sulfide) groups is 1. The molecule has 0 fully saturated rings. The molecule has 1 heterocycles. The van der Waals surface area contributed by atoms with Gasteiger partial charge in [-0.05, 0) is 55.3 Å². The molecule has 0 radical (unpaired) electrons. The molecule has 1 aromatic heterocycles. The fourth-order valence-electron chi connectivity index (χ4n) is 2.21. The normalized spacial score (nSPS) is 10.6. The van der Waals surface area contributed by atoms with E-state index in [-0.39, 0.29) is 11.7 Å². The van der Waals surface area contributed by atoms with Crippen LogP contribution < -0.4 is 9.47 Å². The van der Waals surface area contributed by atoms with Crippen molar-refractivity contribution in [3.05, 3.63) is 53.6 Å². The van der Waals surface area contributed by atoms with Gasteiger partial charge in [0.05, 0.1) is 7.11 Å². The lowest BCUT2D eigenvalue weighted by atomic mass is 10.1. The molecule has 0 amide bonds. The Balaban J connectivity index is 1.58. The van der Waals surface area contributed by atoms with E-state index in [1.807, 2.05) is 56.3 Å². The number of methoxy groups -OCH3 is 1. The summed E-state index contributed by atoms with van der Waals surface area (Å²) in [7, 11) is 1.60. The molecule has 3 aromatic rings. The van der Waals surface area contributed by atoms with E-state index in [1.165, 1.54) is 0 Å². The molecule has 3 rings (SSSR count). The van der Waals surface area contributed by atoms with Gasteiger partial charge in [0.1, 0.15) is 17.3 Å². The van der Waals surface area contributed by atoms with Gasteiger partial charge >= 0.3 is 5.97 Å². The Kier molecular flexibility index (Phi) is 5.58. The Bertz CT molecular complexity index is 906. The van der Waals surface area contributed by atoms with E-state index >= 15 is 0 Å². The summed E-state index contributed by atoms with van der Waals surface area (Å²) in [6.07, 6.45) is 0. The molecule has 0 aliphatic heterocycles. The fourth-order valence-corrected chi connectivity index (χ4v) is 2.75. The standard InChI is InChI=1S/C19H18N2O4S/c1-12-4-5-13(2)16(10-12)24-17(22)11-26-19-21-20-18(25-19)14-6-8-15(23-3)9-7-14/h4-10H,11H2,1-3H3. The molecule has 0 bridgehead atoms. The second-order valence-corrected chi connectivity index (χ2v) is 6.56. The number of hydrogen-bond acceptors (Lipinski definition) is 7. The lowest BCUT2D eigenvalue weighted by Gasteiger charge is -2.07. The number of nitrogens with zero attached hydrogens (tertiary/aromatic N) is 2. The van der Waals surface area contributed by atoms with Crippen molar-refractivity contribution in [3.8, 4) is 23.0 Å². The van der Waals surface area contributed by atoms with Crippen molar-refractivity contribution in [2.24, 2.45) is 0 Å². The van der Waals surface area contributed by atoms with Crippen LogP contribution in [-0.2, 0) is 4.79 Å². The van der Waals surface area contributed by atoms with E-state index in [0.29, 0.717) is 16.9 Å². The summed E-state index contributed by atoms with van der Waals surface area (Å²) in [6, 6.07) is 13.0. The third-order valence-electron chi connectivity index (χ3n) is 3.62. The summed E-state index contributed by atoms with van der Waals surface area (Å²) < 4.78 is 16.1. The van der Waals surface area contributed by atoms with Crippen LogP contribution in [0.4, 0.5) is 0 Å². The predicted molar refractivity (Wildman–Crippen MR) is 98.6 cm³/mol. The smallest absolute Gasteiger partial charge is 0.321 e. The summed E-state index contributed by atoms with van der Waals surface area (Å²) in [6.45, 7) is 3.85. The van der Waals surface area contributed by atoms with E-state index in [9.17, 15) is 4.79 Å². The molecule has 0 unspecified atom stereocenters. The minimum absolute atomic E-state index is 0.0810. The first kappa shape index (κ1) is 18.0. The molecule has 6 nitrogen and oxygen atoms in total. The van der Waals surface area contributed by atoms with Crippen LogP contribution in [-0.4, -0.2) is 29.0 Å². The quantitative estimate of drug-likeness (QED) is 0.368. The van der Waals surface area contributed by atoms with Gasteiger partial charge in [-0.2, -0.15) is 0 Å². The van der Waals surface area contributed by atoms with Gasteiger partial charge in [0.15, 0.2) is 0 Å². The molecule has 26 heavy (non-hydrogen) atoms. The minimum atomic E-state index is -0.368. The molecule has 0 atom stereocenters. The zero-order chi connectivity index (χ0) is 18.5. The van der Waals surface area contributed by atoms with Crippen LogP contribution in [0.2, 0.25) is 0 Å². The maximum absolute atomic E-state index is 12.0. The van der Waals surface area contributed by atoms with Gasteiger partial charge < -0.3 is 13.9 Å². The molecular weight excluding hydrogens is 352 g/mol. The zero-order valence-electron chi connectivity index (χ0n) is 14.7. The van der Waals surface area contributed by atoms with E-state index in [2.05, 4.69) is 10.2 Å². The van der Waals surface area contributed by atoms with Crippen LogP contribution in [0.25, 0.3) is 11.5 Å². The minimum Gasteiger partial charge on any atom is -0.497 e. The van der Waals surface area contributed by atoms with E-state index in [4.69, 9.17) is 13.9 Å². The molecule has 0 N–H and O–H groups in total. The van der Waals surface area contributed by atoms with Gasteiger partial charge in [-0.15, -0.1) is 10.2 Å². The topological polar surface area (TPSA) is 74.5 Å². The van der Waals surface area contributed by atoms with Crippen LogP contribution in [0.5, 0.6) is 11.5 Å². The second kappa shape index (κ2) is 8.05. The Morgan fingerprint density at radius 2 is 1.88 bits per heavy atom. The van der Waals surface area contributed by atoms with Crippen LogP contribution in [0.1, 0.15) is 11.1 Å². The number of carbonyl (C=O) groups is 1. The number of benzene rings is 2. The molecule has 0 aliphatic rings. The van der Waals surface area contributed by atoms with Crippen LogP contribution >= 0.6 is 11.8 Å². The van der Waals surface area contributed by atoms with E-state index in [1.54, 1.807) is 7.11 Å². The van der Waals surface area contributed by atoms with Crippen LogP contribution in [0.15, 0.2) is 52.1 Å². The van der Waals surface area contributed by atoms with Crippen molar-refractivity contribution in [2.75, 3.05) is 12.9 Å². The Hall–Kier alpha value is -2.80. The molecule has 2 aromatic carbocycles. The molecule has 0 aliphatic carbocycles. The Labute approximate surface area is 155 Å². The summed E-state index contributed by atoms with van der Waals surface area (Å²) in [5.74, 6) is 1.42. The largest absolute Gasteiger partial charge is 0.497 e. The number of aryl methyl sites for hydroxylation is 2. The highest BCUT2D eigenvalue weighted by molar-refractivity contribution is 7.99. The summed E-state index contributed by atoms with van der Waals surface area (Å²) >= 11 is 1.14. The number of rotatable bonds is 6. The average molecular weight is 370 g/mol. The van der Waals surface area contributed by atoms with Gasteiger partial charge in [0.25, 0.3) is 5.22 Å². The highest BCUT2D eigenvalue weighted by Gasteiger charge is 2.13. The predicted octanol–water partition coefficient (Wildman–Crippen LogP) is 4.06. The number of carbonyl (C=O) groups excluding carboxylic acids is 1. The maximum atomic E-state index is 12.0. The van der Waals surface area contributed by atoms with E-state index in [0.717, 1.165) is 34.2 Å². The van der Waals surface area contributed by atoms with Crippen molar-refractivity contribution in [2.45, 2.75) is 19.1 Å². The molecular formula is C19H18N2O4S. The summed E-state index contributed by atoms with van der Waals surface area (Å²) in [5, 5.41) is 8.27. The number of esters is 1. The van der Waals surface area contributed by atoms with Gasteiger partial charge in [-0.3, -0.25) is 4.79 Å². The van der Waals surface area contributed by atoms with Gasteiger partial charge in [0.2, 0.25) is 5.89 Å². The van der Waals surface area contributed by atoms with Crippen molar-refractivity contribution in [1.82, 2.24) is 10.2 Å². The molecule has 0 saturated carbocycles. The first-order chi connectivity index (χ1) is 12.5. The van der Waals surface area contributed by atoms with Gasteiger partial charge in [-0.1, -0.05) is 23.9 Å². The molecule has 7 heteroatoms. The van der Waals surface area contributed by atoms with Crippen molar-refractivity contribution in [1.29, 1.82) is 0 Å². The molecule has 134 valence electrons. The first-order valence-electron chi connectivity index (χ1n) is 7.94. The lowest BCUT2D eigenvalue weighted by Crippen LogP contribution is -2.11. The zero-order valence-corrected chi connectivity index (χ0v) is 15.5. The Morgan fingerprint density at radius 3 is 2.62 bits per heavy atom. The number of aromatic nitrogens is 2. The third-order valence-corrected chi connectivity index (χ3v) is 4.42. The fraction of sp³-hybridized carbons (Fsp3) is 0.211. The van der Waals surface area contributed by atoms with Crippen LogP contribution in [0, 0.1) is 13.8 Å². The molecule has 0 saturated heterocycles. The summed E-state index contributed by atoms with van der Waals surface area (Å²) in [4.78, 5) is 12.0. The monoisotopic (exact) mass is 370 g/mol. The van der Waals surface area contributed by atoms with Gasteiger partial charge in [0, 0.05) is 5.56 Å². The highest BCUT2D eigenvalue weighted by atomic mass is 32.2. The summed E-state index contributed by atoms with van der Waals surface area (Å²) in [5.41, 5.74) is 2.73. The third kappa shape index (κ3) is 4.43. The average Bonchev–Trinajstić information content (AvgIpc) is 3.12. The molecule has 0 spiro atoms. The van der Waals surface area contributed by atoms with Crippen molar-refractivity contribution >= 4 is 17.7 Å². The van der Waals surface area contributed by atoms with Crippen molar-refractivity contribution < 1.29 is 18.7 Å². The number of ether oxygens (including phenoxy) is 2. The lowest BCUT2D eigenvalue weighted by molar-refractivity contribution is -0.131. The highest BCUT2D eigenvalue weighted by Crippen LogP contribution is 2.25. The Morgan fingerprint density at radius 1 is 1.12 bits per heavy atom. The van der Waals surface area contributed by atoms with Crippen LogP contribution in [0.3, 0.4) is 0 Å². The number of hydrogen-bond donors (Lipinski definition) is 0. The maximum Gasteiger partial charge on any atom is 0.321 e. The van der Waals surface area contributed by atoms with E-state index < -0.39 is 0 Å². The van der Waals surface area contributed by atoms with Crippen molar-refractivity contribution in [3.63, 3.8) is 0 Å². The van der Waals surface area contributed by atoms with Gasteiger partial charge in [-0.25, -0.2) is 0 Å².